The predicted molar refractivity (Wildman–Crippen MR) is 117 cm³/mol. The van der Waals surface area contributed by atoms with Crippen molar-refractivity contribution in [2.75, 3.05) is 73.5 Å². The fraction of sp³-hybridized carbons (Fsp3) is 0.905. The highest BCUT2D eigenvalue weighted by Gasteiger charge is 2.42. The Labute approximate surface area is 171 Å². The first kappa shape index (κ1) is 22.9. The average molecular weight is 395 g/mol. The molecule has 0 aromatic carbocycles. The van der Waals surface area contributed by atoms with Crippen molar-refractivity contribution in [1.82, 2.24) is 25.3 Å². The molecule has 0 bridgehead atoms. The molecule has 1 amide bonds. The molecule has 1 aliphatic heterocycles. The maximum absolute atomic E-state index is 12.7. The van der Waals surface area contributed by atoms with Gasteiger partial charge in [-0.15, -0.1) is 0 Å². The zero-order valence-electron chi connectivity index (χ0n) is 18.6. The number of aliphatic imine (C=N–C) groups is 1. The molecule has 2 fully saturated rings. The summed E-state index contributed by atoms with van der Waals surface area (Å²) in [5.74, 6) is 1.08. The Morgan fingerprint density at radius 2 is 1.82 bits per heavy atom. The minimum atomic E-state index is -0.302. The monoisotopic (exact) mass is 394 g/mol. The van der Waals surface area contributed by atoms with E-state index in [2.05, 4.69) is 34.4 Å². The summed E-state index contributed by atoms with van der Waals surface area (Å²) >= 11 is 0. The maximum Gasteiger partial charge on any atom is 0.230 e. The van der Waals surface area contributed by atoms with Crippen LogP contribution in [-0.2, 0) is 4.79 Å². The van der Waals surface area contributed by atoms with Gasteiger partial charge in [-0.2, -0.15) is 0 Å². The second kappa shape index (κ2) is 11.6. The third kappa shape index (κ3) is 6.92. The number of nitrogens with one attached hydrogen (secondary N) is 2. The Hall–Kier alpha value is -1.34. The molecular formula is C21H42N6O. The number of rotatable bonds is 8. The van der Waals surface area contributed by atoms with E-state index in [0.717, 1.165) is 57.7 Å². The maximum atomic E-state index is 12.7. The molecule has 2 rings (SSSR count). The minimum absolute atomic E-state index is 0.232. The zero-order valence-corrected chi connectivity index (χ0v) is 18.6. The summed E-state index contributed by atoms with van der Waals surface area (Å²) in [5, 5.41) is 6.81. The molecule has 7 heteroatoms. The van der Waals surface area contributed by atoms with Crippen LogP contribution in [0.25, 0.3) is 0 Å². The Bertz CT molecular complexity index is 501. The Balaban J connectivity index is 1.82. The smallest absolute Gasteiger partial charge is 0.230 e. The van der Waals surface area contributed by atoms with Crippen LogP contribution in [0.1, 0.15) is 45.4 Å². The molecule has 162 valence electrons. The highest BCUT2D eigenvalue weighted by atomic mass is 16.2. The van der Waals surface area contributed by atoms with E-state index in [0.29, 0.717) is 6.54 Å². The van der Waals surface area contributed by atoms with Gasteiger partial charge in [-0.05, 0) is 59.3 Å². The van der Waals surface area contributed by atoms with Gasteiger partial charge in [0.05, 0.1) is 12.0 Å². The van der Waals surface area contributed by atoms with Gasteiger partial charge in [-0.1, -0.05) is 12.8 Å². The van der Waals surface area contributed by atoms with E-state index < -0.39 is 0 Å². The molecular weight excluding hydrogens is 352 g/mol. The summed E-state index contributed by atoms with van der Waals surface area (Å²) in [6, 6.07) is 0. The van der Waals surface area contributed by atoms with Crippen LogP contribution in [-0.4, -0.2) is 100 Å². The number of amides is 1. The van der Waals surface area contributed by atoms with Gasteiger partial charge in [0.2, 0.25) is 5.91 Å². The van der Waals surface area contributed by atoms with Gasteiger partial charge in [0, 0.05) is 40.3 Å². The lowest BCUT2D eigenvalue weighted by Gasteiger charge is -2.29. The summed E-state index contributed by atoms with van der Waals surface area (Å²) in [5.41, 5.74) is -0.302. The lowest BCUT2D eigenvalue weighted by Crippen LogP contribution is -2.43. The Kier molecular flexibility index (Phi) is 9.51. The van der Waals surface area contributed by atoms with Crippen molar-refractivity contribution in [3.05, 3.63) is 0 Å². The van der Waals surface area contributed by atoms with Gasteiger partial charge >= 0.3 is 0 Å². The first-order valence-electron chi connectivity index (χ1n) is 11.1. The lowest BCUT2D eigenvalue weighted by atomic mass is 9.85. The van der Waals surface area contributed by atoms with Crippen molar-refractivity contribution >= 4 is 11.9 Å². The van der Waals surface area contributed by atoms with Crippen LogP contribution in [0.3, 0.4) is 0 Å². The normalized spacial score (nSPS) is 21.4. The number of hydrogen-bond donors (Lipinski definition) is 2. The molecule has 28 heavy (non-hydrogen) atoms. The molecule has 0 atom stereocenters. The van der Waals surface area contributed by atoms with Crippen LogP contribution in [0.2, 0.25) is 0 Å². The molecule has 0 aromatic rings. The van der Waals surface area contributed by atoms with Gasteiger partial charge in [-0.25, -0.2) is 0 Å². The van der Waals surface area contributed by atoms with E-state index in [1.54, 1.807) is 4.90 Å². The van der Waals surface area contributed by atoms with Gasteiger partial charge in [0.25, 0.3) is 0 Å². The van der Waals surface area contributed by atoms with Crippen LogP contribution >= 0.6 is 0 Å². The van der Waals surface area contributed by atoms with Crippen LogP contribution in [0.5, 0.6) is 0 Å². The van der Waals surface area contributed by atoms with Crippen molar-refractivity contribution in [3.63, 3.8) is 0 Å². The van der Waals surface area contributed by atoms with Crippen molar-refractivity contribution < 1.29 is 4.79 Å². The Morgan fingerprint density at radius 1 is 1.07 bits per heavy atom. The number of carbonyl (C=O) groups is 1. The van der Waals surface area contributed by atoms with E-state index in [1.807, 2.05) is 14.1 Å². The lowest BCUT2D eigenvalue weighted by molar-refractivity contribution is -0.138. The molecule has 0 spiro atoms. The second-order valence-corrected chi connectivity index (χ2v) is 8.66. The van der Waals surface area contributed by atoms with Crippen LogP contribution in [0, 0.1) is 5.41 Å². The van der Waals surface area contributed by atoms with Gasteiger partial charge in [0.15, 0.2) is 5.96 Å². The number of carbonyl (C=O) groups excluding carboxylic acids is 1. The van der Waals surface area contributed by atoms with Gasteiger partial charge < -0.3 is 25.3 Å². The largest absolute Gasteiger partial charge is 0.357 e. The molecule has 1 saturated carbocycles. The third-order valence-corrected chi connectivity index (χ3v) is 6.06. The number of likely N-dealkylation sites (N-methyl/N-ethyl adjacent to an activating group) is 1. The van der Waals surface area contributed by atoms with Crippen molar-refractivity contribution in [2.24, 2.45) is 10.4 Å². The fourth-order valence-electron chi connectivity index (χ4n) is 4.37. The molecule has 2 N–H and O–H groups in total. The topological polar surface area (TPSA) is 63.2 Å². The van der Waals surface area contributed by atoms with Gasteiger partial charge in [-0.3, -0.25) is 9.79 Å². The zero-order chi connectivity index (χ0) is 20.4. The van der Waals surface area contributed by atoms with Crippen molar-refractivity contribution in [1.29, 1.82) is 0 Å². The van der Waals surface area contributed by atoms with Crippen LogP contribution < -0.4 is 10.6 Å². The van der Waals surface area contributed by atoms with E-state index in [4.69, 9.17) is 4.99 Å². The van der Waals surface area contributed by atoms with E-state index in [1.165, 1.54) is 32.6 Å². The minimum Gasteiger partial charge on any atom is -0.357 e. The predicted octanol–water partition coefficient (Wildman–Crippen LogP) is 1.22. The van der Waals surface area contributed by atoms with Crippen molar-refractivity contribution in [3.8, 4) is 0 Å². The molecule has 0 unspecified atom stereocenters. The fourth-order valence-corrected chi connectivity index (χ4v) is 4.37. The number of nitrogens with zero attached hydrogens (tertiary/aromatic N) is 4. The third-order valence-electron chi connectivity index (χ3n) is 6.06. The highest BCUT2D eigenvalue weighted by Crippen LogP contribution is 2.39. The van der Waals surface area contributed by atoms with Crippen LogP contribution in [0.15, 0.2) is 4.99 Å². The van der Waals surface area contributed by atoms with Crippen molar-refractivity contribution in [2.45, 2.75) is 45.4 Å². The summed E-state index contributed by atoms with van der Waals surface area (Å²) in [6.45, 7) is 10.3. The molecule has 7 nitrogen and oxygen atoms in total. The molecule has 0 aromatic heterocycles. The molecule has 1 saturated heterocycles. The van der Waals surface area contributed by atoms with E-state index >= 15 is 0 Å². The van der Waals surface area contributed by atoms with E-state index in [-0.39, 0.29) is 11.3 Å². The van der Waals surface area contributed by atoms with E-state index in [9.17, 15) is 4.79 Å². The summed E-state index contributed by atoms with van der Waals surface area (Å²) in [7, 11) is 5.93. The number of guanidine groups is 1. The molecule has 1 heterocycles. The van der Waals surface area contributed by atoms with Crippen LogP contribution in [0.4, 0.5) is 0 Å². The Morgan fingerprint density at radius 3 is 2.50 bits per heavy atom. The second-order valence-electron chi connectivity index (χ2n) is 8.66. The molecule has 2 aliphatic rings. The first-order chi connectivity index (χ1) is 13.5. The first-order valence-corrected chi connectivity index (χ1v) is 11.1. The number of hydrogen-bond acceptors (Lipinski definition) is 4. The highest BCUT2D eigenvalue weighted by molar-refractivity contribution is 5.84. The quantitative estimate of drug-likeness (QED) is 0.368. The van der Waals surface area contributed by atoms with Gasteiger partial charge in [0.1, 0.15) is 0 Å². The summed E-state index contributed by atoms with van der Waals surface area (Å²) in [6.07, 6.45) is 6.53. The molecule has 0 radical (unpaired) electrons. The standard InChI is InChI=1S/C21H42N6O/c1-5-22-20(23-12-8-14-27-15-9-13-26(4)16-17-27)24-18-21(10-6-7-11-21)19(28)25(2)3/h5-18H2,1-4H3,(H2,22,23,24). The summed E-state index contributed by atoms with van der Waals surface area (Å²) < 4.78 is 0. The average Bonchev–Trinajstić information content (AvgIpc) is 3.06. The summed E-state index contributed by atoms with van der Waals surface area (Å²) in [4.78, 5) is 24.3. The SMILES string of the molecule is CCNC(=NCC1(C(=O)N(C)C)CCCC1)NCCCN1CCCN(C)CC1. The molecule has 1 aliphatic carbocycles.